The minimum absolute atomic E-state index is 0.137. The molecule has 0 aromatic carbocycles. The van der Waals surface area contributed by atoms with Crippen LogP contribution in [0.4, 0.5) is 0 Å². The van der Waals surface area contributed by atoms with E-state index in [0.29, 0.717) is 12.1 Å². The van der Waals surface area contributed by atoms with Gasteiger partial charge in [-0.05, 0) is 6.08 Å². The monoisotopic (exact) mass is 154 g/mol. The first-order chi connectivity index (χ1) is 5.27. The Morgan fingerprint density at radius 2 is 2.73 bits per heavy atom. The molecule has 4 heteroatoms. The summed E-state index contributed by atoms with van der Waals surface area (Å²) in [6.07, 6.45) is 2.00. The van der Waals surface area contributed by atoms with E-state index in [-0.39, 0.29) is 12.0 Å². The van der Waals surface area contributed by atoms with Crippen LogP contribution < -0.4 is 5.32 Å². The van der Waals surface area contributed by atoms with Crippen molar-refractivity contribution >= 4 is 11.6 Å². The number of hydrogen-bond donors (Lipinski definition) is 1. The Morgan fingerprint density at radius 1 is 2.00 bits per heavy atom. The van der Waals surface area contributed by atoms with Crippen LogP contribution in [0.1, 0.15) is 6.42 Å². The molecule has 0 aromatic rings. The number of nitrogens with one attached hydrogen (secondary N) is 1. The Balaban J connectivity index is 2.52. The molecule has 1 aliphatic rings. The van der Waals surface area contributed by atoms with Gasteiger partial charge in [0.1, 0.15) is 5.71 Å². The molecule has 0 saturated carbocycles. The fraction of sp³-hybridized carbons (Fsp3) is 0.429. The molecule has 1 unspecified atom stereocenters. The zero-order chi connectivity index (χ0) is 8.27. The van der Waals surface area contributed by atoms with Gasteiger partial charge in [-0.1, -0.05) is 11.7 Å². The van der Waals surface area contributed by atoms with Crippen molar-refractivity contribution in [3.05, 3.63) is 12.7 Å². The van der Waals surface area contributed by atoms with Crippen molar-refractivity contribution in [3.8, 4) is 0 Å². The van der Waals surface area contributed by atoms with E-state index in [1.807, 2.05) is 0 Å². The first kappa shape index (κ1) is 7.78. The van der Waals surface area contributed by atoms with Gasteiger partial charge in [-0.2, -0.15) is 0 Å². The first-order valence-electron chi connectivity index (χ1n) is 3.35. The van der Waals surface area contributed by atoms with Crippen LogP contribution in [0.3, 0.4) is 0 Å². The van der Waals surface area contributed by atoms with Crippen LogP contribution >= 0.6 is 0 Å². The molecule has 1 rings (SSSR count). The third kappa shape index (κ3) is 1.58. The van der Waals surface area contributed by atoms with E-state index in [1.54, 1.807) is 13.1 Å². The van der Waals surface area contributed by atoms with Gasteiger partial charge in [-0.25, -0.2) is 0 Å². The lowest BCUT2D eigenvalue weighted by molar-refractivity contribution is -0.114. The molecule has 0 aliphatic carbocycles. The fourth-order valence-electron chi connectivity index (χ4n) is 0.801. The third-order valence-electron chi connectivity index (χ3n) is 1.44. The molecule has 4 nitrogen and oxygen atoms in total. The predicted molar refractivity (Wildman–Crippen MR) is 41.2 cm³/mol. The van der Waals surface area contributed by atoms with E-state index >= 15 is 0 Å². The van der Waals surface area contributed by atoms with Gasteiger partial charge < -0.3 is 10.2 Å². The number of hydrogen-bond acceptors (Lipinski definition) is 3. The van der Waals surface area contributed by atoms with Crippen LogP contribution in [-0.2, 0) is 9.63 Å². The Labute approximate surface area is 64.9 Å². The second-order valence-corrected chi connectivity index (χ2v) is 2.20. The predicted octanol–water partition coefficient (Wildman–Crippen LogP) is 0.0633. The lowest BCUT2D eigenvalue weighted by Crippen LogP contribution is -2.27. The number of nitrogens with zero attached hydrogens (tertiary/aromatic N) is 1. The number of rotatable bonds is 2. The van der Waals surface area contributed by atoms with E-state index in [9.17, 15) is 4.79 Å². The Kier molecular flexibility index (Phi) is 2.25. The highest BCUT2D eigenvalue weighted by Crippen LogP contribution is 2.10. The Morgan fingerprint density at radius 3 is 3.18 bits per heavy atom. The van der Waals surface area contributed by atoms with Crippen molar-refractivity contribution in [1.29, 1.82) is 0 Å². The minimum atomic E-state index is -0.186. The average molecular weight is 154 g/mol. The van der Waals surface area contributed by atoms with Gasteiger partial charge in [0.15, 0.2) is 6.10 Å². The summed E-state index contributed by atoms with van der Waals surface area (Å²) >= 11 is 0. The highest BCUT2D eigenvalue weighted by Gasteiger charge is 2.22. The number of carbonyl (C=O) groups excluding carboxylic acids is 1. The second-order valence-electron chi connectivity index (χ2n) is 2.20. The number of oxime groups is 1. The molecule has 0 spiro atoms. The van der Waals surface area contributed by atoms with Gasteiger partial charge in [-0.15, -0.1) is 0 Å². The van der Waals surface area contributed by atoms with Crippen molar-refractivity contribution in [2.45, 2.75) is 12.5 Å². The molecule has 0 saturated heterocycles. The van der Waals surface area contributed by atoms with Gasteiger partial charge in [0.05, 0.1) is 0 Å². The van der Waals surface area contributed by atoms with E-state index < -0.39 is 0 Å². The molecule has 0 bridgehead atoms. The van der Waals surface area contributed by atoms with Crippen molar-refractivity contribution < 1.29 is 9.63 Å². The molecule has 1 aliphatic heterocycles. The summed E-state index contributed by atoms with van der Waals surface area (Å²) < 4.78 is 0. The van der Waals surface area contributed by atoms with Crippen LogP contribution in [0.25, 0.3) is 0 Å². The summed E-state index contributed by atoms with van der Waals surface area (Å²) in [4.78, 5) is 15.8. The van der Waals surface area contributed by atoms with Gasteiger partial charge in [0.25, 0.3) is 5.91 Å². The fourth-order valence-corrected chi connectivity index (χ4v) is 0.801. The van der Waals surface area contributed by atoms with Gasteiger partial charge in [0, 0.05) is 13.5 Å². The average Bonchev–Trinajstić information content (AvgIpc) is 2.50. The van der Waals surface area contributed by atoms with Crippen LogP contribution in [0.2, 0.25) is 0 Å². The van der Waals surface area contributed by atoms with Gasteiger partial charge in [0.2, 0.25) is 0 Å². The van der Waals surface area contributed by atoms with Crippen molar-refractivity contribution in [3.63, 3.8) is 0 Å². The van der Waals surface area contributed by atoms with Gasteiger partial charge in [-0.3, -0.25) is 4.79 Å². The smallest absolute Gasteiger partial charge is 0.268 e. The highest BCUT2D eigenvalue weighted by molar-refractivity contribution is 6.39. The highest BCUT2D eigenvalue weighted by atomic mass is 16.6. The van der Waals surface area contributed by atoms with Crippen molar-refractivity contribution in [1.82, 2.24) is 5.32 Å². The maximum atomic E-state index is 10.9. The molecule has 60 valence electrons. The summed E-state index contributed by atoms with van der Waals surface area (Å²) in [7, 11) is 1.56. The topological polar surface area (TPSA) is 50.7 Å². The molecule has 1 heterocycles. The standard InChI is InChI=1S/C7H10N2O2/c1-3-5-4-6(9-11-5)7(10)8-2/h3,5H,1,4H2,2H3,(H,8,10). The van der Waals surface area contributed by atoms with E-state index in [2.05, 4.69) is 17.1 Å². The maximum absolute atomic E-state index is 10.9. The van der Waals surface area contributed by atoms with E-state index in [0.717, 1.165) is 0 Å². The quantitative estimate of drug-likeness (QED) is 0.572. The summed E-state index contributed by atoms with van der Waals surface area (Å²) in [6.45, 7) is 3.53. The lowest BCUT2D eigenvalue weighted by atomic mass is 10.2. The van der Waals surface area contributed by atoms with E-state index in [4.69, 9.17) is 4.84 Å². The number of amides is 1. The third-order valence-corrected chi connectivity index (χ3v) is 1.44. The molecule has 0 fully saturated rings. The summed E-state index contributed by atoms with van der Waals surface area (Å²) in [5.41, 5.74) is 0.428. The lowest BCUT2D eigenvalue weighted by Gasteiger charge is -1.97. The SMILES string of the molecule is C=CC1CC(C(=O)NC)=NO1. The molecule has 11 heavy (non-hydrogen) atoms. The second kappa shape index (κ2) is 3.18. The molecular weight excluding hydrogens is 144 g/mol. The Bertz CT molecular complexity index is 210. The molecule has 1 atom stereocenters. The normalized spacial score (nSPS) is 21.9. The van der Waals surface area contributed by atoms with Crippen LogP contribution in [0.5, 0.6) is 0 Å². The van der Waals surface area contributed by atoms with Gasteiger partial charge >= 0.3 is 0 Å². The van der Waals surface area contributed by atoms with Crippen LogP contribution in [0, 0.1) is 0 Å². The maximum Gasteiger partial charge on any atom is 0.268 e. The first-order valence-corrected chi connectivity index (χ1v) is 3.35. The molecule has 1 amide bonds. The molecular formula is C7H10N2O2. The van der Waals surface area contributed by atoms with Crippen LogP contribution in [-0.4, -0.2) is 24.8 Å². The van der Waals surface area contributed by atoms with Crippen LogP contribution in [0.15, 0.2) is 17.8 Å². The Hall–Kier alpha value is -1.32. The van der Waals surface area contributed by atoms with E-state index in [1.165, 1.54) is 0 Å². The largest absolute Gasteiger partial charge is 0.387 e. The summed E-state index contributed by atoms with van der Waals surface area (Å²) in [5, 5.41) is 6.06. The molecule has 0 radical (unpaired) electrons. The van der Waals surface area contributed by atoms with Crippen molar-refractivity contribution in [2.24, 2.45) is 5.16 Å². The summed E-state index contributed by atoms with van der Waals surface area (Å²) in [6, 6.07) is 0. The summed E-state index contributed by atoms with van der Waals surface area (Å²) in [5.74, 6) is -0.186. The minimum Gasteiger partial charge on any atom is -0.387 e. The molecule has 0 aromatic heterocycles. The zero-order valence-corrected chi connectivity index (χ0v) is 6.33. The molecule has 1 N–H and O–H groups in total. The zero-order valence-electron chi connectivity index (χ0n) is 6.33. The van der Waals surface area contributed by atoms with Crippen molar-refractivity contribution in [2.75, 3.05) is 7.05 Å². The number of carbonyl (C=O) groups is 1.